The Morgan fingerprint density at radius 1 is 0.966 bits per heavy atom. The first kappa shape index (κ1) is 26.7. The first-order valence-corrected chi connectivity index (χ1v) is 10.5. The SMILES string of the molecule is CSCCC(NC(=O)CN)C(=O)NC(CC(C)C)C(=O)NC(CC(N)=O)C(=O)O. The fourth-order valence-corrected chi connectivity index (χ4v) is 2.88. The molecule has 12 heteroatoms. The van der Waals surface area contributed by atoms with Crippen molar-refractivity contribution < 1.29 is 29.1 Å². The van der Waals surface area contributed by atoms with Gasteiger partial charge in [-0.2, -0.15) is 11.8 Å². The van der Waals surface area contributed by atoms with E-state index in [1.807, 2.05) is 20.1 Å². The second kappa shape index (κ2) is 13.8. The molecule has 0 heterocycles. The average Bonchev–Trinajstić information content (AvgIpc) is 2.62. The standard InChI is InChI=1S/C17H31N5O6S/c1-9(2)6-11(16(26)22-12(17(27)28)7-13(19)23)21-15(25)10(4-5-29-3)20-14(24)8-18/h9-12H,4-8,18H2,1-3H3,(H2,19,23)(H,20,24)(H,21,25)(H,22,26)(H,27,28). The molecule has 0 radical (unpaired) electrons. The summed E-state index contributed by atoms with van der Waals surface area (Å²) in [6, 6.07) is -3.44. The Bertz CT molecular complexity index is 601. The van der Waals surface area contributed by atoms with Crippen LogP contribution in [0.4, 0.5) is 0 Å². The number of primary amides is 1. The Morgan fingerprint density at radius 2 is 1.52 bits per heavy atom. The summed E-state index contributed by atoms with van der Waals surface area (Å²) in [4.78, 5) is 59.1. The molecule has 8 N–H and O–H groups in total. The number of carboxylic acid groups (broad SMARTS) is 1. The van der Waals surface area contributed by atoms with Crippen molar-refractivity contribution in [2.24, 2.45) is 17.4 Å². The lowest BCUT2D eigenvalue weighted by Gasteiger charge is -2.25. The highest BCUT2D eigenvalue weighted by Crippen LogP contribution is 2.08. The fraction of sp³-hybridized carbons (Fsp3) is 0.706. The summed E-state index contributed by atoms with van der Waals surface area (Å²) in [7, 11) is 0. The predicted molar refractivity (Wildman–Crippen MR) is 109 cm³/mol. The van der Waals surface area contributed by atoms with Gasteiger partial charge in [-0.05, 0) is 30.8 Å². The van der Waals surface area contributed by atoms with Crippen LogP contribution in [0.15, 0.2) is 0 Å². The number of thioether (sulfide) groups is 1. The van der Waals surface area contributed by atoms with Crippen LogP contribution in [0.5, 0.6) is 0 Å². The van der Waals surface area contributed by atoms with E-state index < -0.39 is 54.1 Å². The molecule has 11 nitrogen and oxygen atoms in total. The number of carboxylic acids is 1. The van der Waals surface area contributed by atoms with Gasteiger partial charge in [-0.1, -0.05) is 13.8 Å². The summed E-state index contributed by atoms with van der Waals surface area (Å²) in [5.41, 5.74) is 10.3. The van der Waals surface area contributed by atoms with Gasteiger partial charge >= 0.3 is 5.97 Å². The number of nitrogens with two attached hydrogens (primary N) is 2. The molecule has 0 rings (SSSR count). The summed E-state index contributed by atoms with van der Waals surface area (Å²) < 4.78 is 0. The fourth-order valence-electron chi connectivity index (χ4n) is 2.41. The van der Waals surface area contributed by atoms with Gasteiger partial charge in [0, 0.05) is 0 Å². The minimum absolute atomic E-state index is 0.00579. The van der Waals surface area contributed by atoms with Gasteiger partial charge in [-0.25, -0.2) is 4.79 Å². The second-order valence-electron chi connectivity index (χ2n) is 6.87. The number of amides is 4. The molecule has 0 aromatic rings. The number of hydrogen-bond acceptors (Lipinski definition) is 7. The van der Waals surface area contributed by atoms with E-state index in [1.165, 1.54) is 11.8 Å². The van der Waals surface area contributed by atoms with E-state index in [0.717, 1.165) is 0 Å². The third-order valence-corrected chi connectivity index (χ3v) is 4.45. The zero-order valence-electron chi connectivity index (χ0n) is 16.9. The molecule has 3 atom stereocenters. The molecule has 0 saturated heterocycles. The van der Waals surface area contributed by atoms with E-state index in [-0.39, 0.29) is 18.9 Å². The first-order valence-electron chi connectivity index (χ1n) is 9.11. The molecule has 29 heavy (non-hydrogen) atoms. The van der Waals surface area contributed by atoms with Crippen LogP contribution in [0.25, 0.3) is 0 Å². The van der Waals surface area contributed by atoms with Gasteiger partial charge in [0.2, 0.25) is 23.6 Å². The van der Waals surface area contributed by atoms with Gasteiger partial charge < -0.3 is 32.5 Å². The van der Waals surface area contributed by atoms with Gasteiger partial charge in [-0.3, -0.25) is 19.2 Å². The van der Waals surface area contributed by atoms with Crippen molar-refractivity contribution >= 4 is 41.4 Å². The molecule has 166 valence electrons. The van der Waals surface area contributed by atoms with Crippen LogP contribution >= 0.6 is 11.8 Å². The highest BCUT2D eigenvalue weighted by Gasteiger charge is 2.30. The number of nitrogens with one attached hydrogen (secondary N) is 3. The molecule has 0 spiro atoms. The summed E-state index contributed by atoms with van der Waals surface area (Å²) in [6.45, 7) is 3.37. The van der Waals surface area contributed by atoms with Gasteiger partial charge in [0.1, 0.15) is 18.1 Å². The lowest BCUT2D eigenvalue weighted by molar-refractivity contribution is -0.143. The maximum Gasteiger partial charge on any atom is 0.326 e. The Kier molecular flexibility index (Phi) is 12.7. The summed E-state index contributed by atoms with van der Waals surface area (Å²) in [5, 5.41) is 16.5. The number of carbonyl (C=O) groups is 5. The molecule has 0 aliphatic rings. The van der Waals surface area contributed by atoms with E-state index in [9.17, 15) is 24.0 Å². The van der Waals surface area contributed by atoms with Crippen molar-refractivity contribution in [2.45, 2.75) is 51.2 Å². The van der Waals surface area contributed by atoms with Crippen molar-refractivity contribution in [1.29, 1.82) is 0 Å². The molecule has 0 fully saturated rings. The maximum absolute atomic E-state index is 12.6. The number of carbonyl (C=O) groups excluding carboxylic acids is 4. The monoisotopic (exact) mass is 433 g/mol. The molecule has 0 saturated carbocycles. The predicted octanol–water partition coefficient (Wildman–Crippen LogP) is -1.84. The molecule has 0 aliphatic heterocycles. The Labute approximate surface area is 174 Å². The van der Waals surface area contributed by atoms with Crippen LogP contribution in [0.2, 0.25) is 0 Å². The lowest BCUT2D eigenvalue weighted by atomic mass is 10.0. The van der Waals surface area contributed by atoms with E-state index in [4.69, 9.17) is 16.6 Å². The third kappa shape index (κ3) is 11.3. The van der Waals surface area contributed by atoms with E-state index in [1.54, 1.807) is 0 Å². The lowest BCUT2D eigenvalue weighted by Crippen LogP contribution is -2.56. The van der Waals surface area contributed by atoms with Crippen molar-refractivity contribution in [2.75, 3.05) is 18.6 Å². The smallest absolute Gasteiger partial charge is 0.326 e. The first-order chi connectivity index (χ1) is 13.5. The van der Waals surface area contributed by atoms with E-state index in [2.05, 4.69) is 16.0 Å². The van der Waals surface area contributed by atoms with Crippen LogP contribution in [0.3, 0.4) is 0 Å². The van der Waals surface area contributed by atoms with Crippen LogP contribution in [-0.2, 0) is 24.0 Å². The van der Waals surface area contributed by atoms with Crippen LogP contribution in [-0.4, -0.2) is 71.4 Å². The molecule has 0 aliphatic carbocycles. The summed E-state index contributed by atoms with van der Waals surface area (Å²) in [6.07, 6.45) is 1.82. The molecular formula is C17H31N5O6S. The van der Waals surface area contributed by atoms with Gasteiger partial charge in [0.05, 0.1) is 13.0 Å². The molecule has 0 bridgehead atoms. The number of rotatable bonds is 14. The normalized spacial score (nSPS) is 13.8. The largest absolute Gasteiger partial charge is 0.480 e. The highest BCUT2D eigenvalue weighted by molar-refractivity contribution is 7.98. The van der Waals surface area contributed by atoms with Gasteiger partial charge in [-0.15, -0.1) is 0 Å². The maximum atomic E-state index is 12.6. The van der Waals surface area contributed by atoms with Gasteiger partial charge in [0.15, 0.2) is 0 Å². The number of hydrogen-bond donors (Lipinski definition) is 6. The van der Waals surface area contributed by atoms with Gasteiger partial charge in [0.25, 0.3) is 0 Å². The van der Waals surface area contributed by atoms with Crippen LogP contribution < -0.4 is 27.4 Å². The molecule has 0 aromatic heterocycles. The van der Waals surface area contributed by atoms with E-state index in [0.29, 0.717) is 12.2 Å². The Balaban J connectivity index is 5.33. The van der Waals surface area contributed by atoms with Crippen LogP contribution in [0, 0.1) is 5.92 Å². The zero-order chi connectivity index (χ0) is 22.6. The van der Waals surface area contributed by atoms with Crippen molar-refractivity contribution in [3.63, 3.8) is 0 Å². The van der Waals surface area contributed by atoms with Crippen molar-refractivity contribution in [3.8, 4) is 0 Å². The van der Waals surface area contributed by atoms with Crippen molar-refractivity contribution in [3.05, 3.63) is 0 Å². The Hall–Kier alpha value is -2.34. The zero-order valence-corrected chi connectivity index (χ0v) is 17.7. The highest BCUT2D eigenvalue weighted by atomic mass is 32.2. The minimum atomic E-state index is -1.50. The quantitative estimate of drug-likeness (QED) is 0.184. The minimum Gasteiger partial charge on any atom is -0.480 e. The Morgan fingerprint density at radius 3 is 1.97 bits per heavy atom. The van der Waals surface area contributed by atoms with Crippen LogP contribution in [0.1, 0.15) is 33.1 Å². The summed E-state index contributed by atoms with van der Waals surface area (Å²) in [5.74, 6) is -3.57. The summed E-state index contributed by atoms with van der Waals surface area (Å²) >= 11 is 1.48. The number of aliphatic carboxylic acids is 1. The molecular weight excluding hydrogens is 402 g/mol. The third-order valence-electron chi connectivity index (χ3n) is 3.81. The van der Waals surface area contributed by atoms with E-state index >= 15 is 0 Å². The molecule has 0 aromatic carbocycles. The molecule has 3 unspecified atom stereocenters. The topological polar surface area (TPSA) is 194 Å². The molecule has 4 amide bonds. The average molecular weight is 434 g/mol. The van der Waals surface area contributed by atoms with Crippen molar-refractivity contribution in [1.82, 2.24) is 16.0 Å². The second-order valence-corrected chi connectivity index (χ2v) is 7.85.